The number of hydrogen-bond acceptors (Lipinski definition) is 3. The van der Waals surface area contributed by atoms with Crippen LogP contribution in [0.1, 0.15) is 15.9 Å². The van der Waals surface area contributed by atoms with E-state index in [4.69, 9.17) is 0 Å². The number of nitrogens with zero attached hydrogens (tertiary/aromatic N) is 5. The number of rotatable bonds is 5. The number of aromatic nitrogens is 5. The molecule has 7 nitrogen and oxygen atoms in total. The number of anilines is 1. The Morgan fingerprint density at radius 1 is 1.15 bits per heavy atom. The smallest absolute Gasteiger partial charge is 0.261 e. The number of benzene rings is 1. The van der Waals surface area contributed by atoms with E-state index >= 15 is 0 Å². The topological polar surface area (TPSA) is 69.7 Å². The molecule has 0 fully saturated rings. The molecule has 3 aromatic heterocycles. The zero-order valence-corrected chi connectivity index (χ0v) is 14.3. The van der Waals surface area contributed by atoms with Gasteiger partial charge in [-0.25, -0.2) is 4.98 Å². The molecule has 0 radical (unpaired) electrons. The third-order valence-electron chi connectivity index (χ3n) is 4.11. The quantitative estimate of drug-likeness (QED) is 0.604. The lowest BCUT2D eigenvalue weighted by atomic mass is 10.2. The van der Waals surface area contributed by atoms with Gasteiger partial charge in [0, 0.05) is 44.1 Å². The largest absolute Gasteiger partial charge is 0.333 e. The molecule has 0 aliphatic heterocycles. The molecule has 130 valence electrons. The summed E-state index contributed by atoms with van der Waals surface area (Å²) in [7, 11) is 1.82. The first-order valence-electron chi connectivity index (χ1n) is 8.22. The van der Waals surface area contributed by atoms with Gasteiger partial charge in [-0.1, -0.05) is 12.1 Å². The van der Waals surface area contributed by atoms with E-state index in [1.54, 1.807) is 23.4 Å². The number of hydrogen-bond donors (Lipinski definition) is 1. The van der Waals surface area contributed by atoms with E-state index in [1.165, 1.54) is 0 Å². The maximum Gasteiger partial charge on any atom is 0.261 e. The van der Waals surface area contributed by atoms with Crippen LogP contribution in [0, 0.1) is 0 Å². The average molecular weight is 346 g/mol. The van der Waals surface area contributed by atoms with Crippen molar-refractivity contribution in [3.8, 4) is 5.82 Å². The lowest BCUT2D eigenvalue weighted by molar-refractivity contribution is 0.102. The van der Waals surface area contributed by atoms with Crippen molar-refractivity contribution in [3.63, 3.8) is 0 Å². The minimum Gasteiger partial charge on any atom is -0.333 e. The molecule has 0 unspecified atom stereocenters. The second-order valence-electron chi connectivity index (χ2n) is 5.99. The van der Waals surface area contributed by atoms with Gasteiger partial charge in [0.05, 0.1) is 12.5 Å². The van der Waals surface area contributed by atoms with Crippen molar-refractivity contribution in [2.24, 2.45) is 7.05 Å². The normalized spacial score (nSPS) is 10.8. The van der Waals surface area contributed by atoms with Crippen LogP contribution in [0.5, 0.6) is 0 Å². The second kappa shape index (κ2) is 6.72. The first kappa shape index (κ1) is 15.9. The summed E-state index contributed by atoms with van der Waals surface area (Å²) < 4.78 is 5.54. The van der Waals surface area contributed by atoms with Gasteiger partial charge in [-0.2, -0.15) is 5.10 Å². The Hall–Kier alpha value is -3.61. The Labute approximate surface area is 150 Å². The van der Waals surface area contributed by atoms with Crippen LogP contribution < -0.4 is 5.32 Å². The molecule has 1 N–H and O–H groups in total. The fourth-order valence-electron chi connectivity index (χ4n) is 2.91. The van der Waals surface area contributed by atoms with Crippen molar-refractivity contribution in [1.82, 2.24) is 23.9 Å². The monoisotopic (exact) mass is 346 g/mol. The van der Waals surface area contributed by atoms with E-state index in [0.717, 1.165) is 17.1 Å². The van der Waals surface area contributed by atoms with Crippen LogP contribution in [0.2, 0.25) is 0 Å². The van der Waals surface area contributed by atoms with E-state index in [2.05, 4.69) is 15.4 Å². The molecule has 1 amide bonds. The van der Waals surface area contributed by atoms with Gasteiger partial charge in [0.1, 0.15) is 11.4 Å². The van der Waals surface area contributed by atoms with E-state index in [-0.39, 0.29) is 5.91 Å². The van der Waals surface area contributed by atoms with Gasteiger partial charge in [-0.3, -0.25) is 9.48 Å². The van der Waals surface area contributed by atoms with Gasteiger partial charge in [-0.15, -0.1) is 0 Å². The van der Waals surface area contributed by atoms with Gasteiger partial charge in [0.2, 0.25) is 0 Å². The molecular weight excluding hydrogens is 328 g/mol. The molecule has 3 heterocycles. The Morgan fingerprint density at radius 3 is 2.77 bits per heavy atom. The van der Waals surface area contributed by atoms with E-state index < -0.39 is 0 Å². The van der Waals surface area contributed by atoms with Gasteiger partial charge >= 0.3 is 0 Å². The third-order valence-corrected chi connectivity index (χ3v) is 4.11. The van der Waals surface area contributed by atoms with Crippen molar-refractivity contribution in [3.05, 3.63) is 84.8 Å². The summed E-state index contributed by atoms with van der Waals surface area (Å²) in [6.45, 7) is 0.700. The van der Waals surface area contributed by atoms with Crippen molar-refractivity contribution >= 4 is 11.6 Å². The summed E-state index contributed by atoms with van der Waals surface area (Å²) in [6.07, 6.45) is 10.8. The van der Waals surface area contributed by atoms with Gasteiger partial charge in [0.25, 0.3) is 5.91 Å². The van der Waals surface area contributed by atoms with E-state index in [1.807, 2.05) is 71.2 Å². The zero-order chi connectivity index (χ0) is 17.9. The Balaban J connectivity index is 1.56. The maximum atomic E-state index is 12.8. The van der Waals surface area contributed by atoms with Crippen LogP contribution in [0.4, 0.5) is 5.69 Å². The number of imidazole rings is 1. The fourth-order valence-corrected chi connectivity index (χ4v) is 2.91. The molecule has 26 heavy (non-hydrogen) atoms. The number of aryl methyl sites for hydroxylation is 1. The lowest BCUT2D eigenvalue weighted by Gasteiger charge is -2.10. The molecule has 4 rings (SSSR count). The van der Waals surface area contributed by atoms with Crippen molar-refractivity contribution in [1.29, 1.82) is 0 Å². The molecule has 0 aliphatic rings. The number of carbonyl (C=O) groups is 1. The summed E-state index contributed by atoms with van der Waals surface area (Å²) >= 11 is 0. The standard InChI is InChI=1S/C19H18N6O/c1-23-19(25-8-2-3-9-25)17(12-21-23)18(26)22-16-6-4-5-15(11-16)13-24-10-7-20-14-24/h2-12,14H,13H2,1H3,(H,22,26). The summed E-state index contributed by atoms with van der Waals surface area (Å²) in [6, 6.07) is 11.6. The number of carbonyl (C=O) groups excluding carboxylic acids is 1. The Bertz CT molecular complexity index is 1010. The van der Waals surface area contributed by atoms with Crippen LogP contribution in [0.25, 0.3) is 5.82 Å². The fraction of sp³-hybridized carbons (Fsp3) is 0.105. The van der Waals surface area contributed by atoms with Crippen molar-refractivity contribution in [2.75, 3.05) is 5.32 Å². The molecular formula is C19H18N6O. The number of amides is 1. The van der Waals surface area contributed by atoms with Crippen molar-refractivity contribution in [2.45, 2.75) is 6.54 Å². The summed E-state index contributed by atoms with van der Waals surface area (Å²) in [5.74, 6) is 0.531. The Kier molecular flexibility index (Phi) is 4.10. The first-order chi connectivity index (χ1) is 12.7. The predicted molar refractivity (Wildman–Crippen MR) is 98.3 cm³/mol. The van der Waals surface area contributed by atoms with Crippen LogP contribution >= 0.6 is 0 Å². The molecule has 0 atom stereocenters. The van der Waals surface area contributed by atoms with E-state index in [0.29, 0.717) is 12.1 Å². The highest BCUT2D eigenvalue weighted by atomic mass is 16.1. The van der Waals surface area contributed by atoms with Crippen LogP contribution in [-0.4, -0.2) is 29.8 Å². The zero-order valence-electron chi connectivity index (χ0n) is 14.3. The molecule has 7 heteroatoms. The minimum absolute atomic E-state index is 0.193. The number of nitrogens with one attached hydrogen (secondary N) is 1. The lowest BCUT2D eigenvalue weighted by Crippen LogP contribution is -2.15. The van der Waals surface area contributed by atoms with Gasteiger partial charge in [0.15, 0.2) is 0 Å². The van der Waals surface area contributed by atoms with Crippen LogP contribution in [-0.2, 0) is 13.6 Å². The molecule has 0 saturated carbocycles. The molecule has 0 spiro atoms. The highest BCUT2D eigenvalue weighted by molar-refractivity contribution is 6.06. The molecule has 0 bridgehead atoms. The van der Waals surface area contributed by atoms with E-state index in [9.17, 15) is 4.79 Å². The summed E-state index contributed by atoms with van der Waals surface area (Å²) in [4.78, 5) is 16.8. The Morgan fingerprint density at radius 2 is 2.00 bits per heavy atom. The van der Waals surface area contributed by atoms with Crippen LogP contribution in [0.15, 0.2) is 73.7 Å². The maximum absolute atomic E-state index is 12.8. The summed E-state index contributed by atoms with van der Waals surface area (Å²) in [5, 5.41) is 7.19. The van der Waals surface area contributed by atoms with Gasteiger partial charge in [-0.05, 0) is 29.8 Å². The summed E-state index contributed by atoms with van der Waals surface area (Å²) in [5.41, 5.74) is 2.34. The predicted octanol–water partition coefficient (Wildman–Crippen LogP) is 2.71. The SMILES string of the molecule is Cn1ncc(C(=O)Nc2cccc(Cn3ccnc3)c2)c1-n1cccc1. The molecule has 0 aliphatic carbocycles. The second-order valence-corrected chi connectivity index (χ2v) is 5.99. The molecule has 4 aromatic rings. The van der Waals surface area contributed by atoms with Crippen LogP contribution in [0.3, 0.4) is 0 Å². The highest BCUT2D eigenvalue weighted by Gasteiger charge is 2.17. The average Bonchev–Trinajstić information content (AvgIpc) is 3.36. The molecule has 0 saturated heterocycles. The van der Waals surface area contributed by atoms with Gasteiger partial charge < -0.3 is 14.5 Å². The first-order valence-corrected chi connectivity index (χ1v) is 8.22. The van der Waals surface area contributed by atoms with Crippen molar-refractivity contribution < 1.29 is 4.79 Å². The highest BCUT2D eigenvalue weighted by Crippen LogP contribution is 2.17. The molecule has 1 aromatic carbocycles. The minimum atomic E-state index is -0.193. The third kappa shape index (κ3) is 3.14.